The van der Waals surface area contributed by atoms with Crippen molar-refractivity contribution in [2.75, 3.05) is 19.8 Å². The van der Waals surface area contributed by atoms with Crippen molar-refractivity contribution in [3.63, 3.8) is 0 Å². The highest BCUT2D eigenvalue weighted by Gasteiger charge is 2.25. The van der Waals surface area contributed by atoms with Crippen molar-refractivity contribution >= 4 is 6.03 Å². The fraction of sp³-hybridized carbons (Fsp3) is 0.909. The van der Waals surface area contributed by atoms with E-state index in [2.05, 4.69) is 5.32 Å². The molecule has 0 aromatic carbocycles. The van der Waals surface area contributed by atoms with E-state index in [-0.39, 0.29) is 24.2 Å². The van der Waals surface area contributed by atoms with Crippen LogP contribution in [0.5, 0.6) is 0 Å². The Morgan fingerprint density at radius 3 is 2.73 bits per heavy atom. The maximum absolute atomic E-state index is 12.5. The molecule has 1 unspecified atom stereocenters. The summed E-state index contributed by atoms with van der Waals surface area (Å²) < 4.78 is 12.5. The molecule has 1 heterocycles. The van der Waals surface area contributed by atoms with Crippen LogP contribution in [0.2, 0.25) is 0 Å². The molecule has 3 nitrogen and oxygen atoms in total. The average Bonchev–Trinajstić information content (AvgIpc) is 2.15. The second-order valence-electron chi connectivity index (χ2n) is 5.29. The van der Waals surface area contributed by atoms with Crippen LogP contribution in [0, 0.1) is 5.92 Å². The molecule has 0 spiro atoms. The van der Waals surface area contributed by atoms with E-state index in [0.29, 0.717) is 6.54 Å². The van der Waals surface area contributed by atoms with Gasteiger partial charge < -0.3 is 10.2 Å². The number of nitrogens with zero attached hydrogens (tertiary/aromatic N) is 1. The summed E-state index contributed by atoms with van der Waals surface area (Å²) in [4.78, 5) is 13.5. The van der Waals surface area contributed by atoms with Crippen molar-refractivity contribution in [3.8, 4) is 0 Å². The smallest absolute Gasteiger partial charge is 0.317 e. The first kappa shape index (κ1) is 12.3. The van der Waals surface area contributed by atoms with Gasteiger partial charge in [0.15, 0.2) is 0 Å². The predicted molar refractivity (Wildman–Crippen MR) is 58.6 cm³/mol. The highest BCUT2D eigenvalue weighted by atomic mass is 19.1. The number of urea groups is 1. The second-order valence-corrected chi connectivity index (χ2v) is 5.29. The van der Waals surface area contributed by atoms with Crippen LogP contribution in [0.25, 0.3) is 0 Å². The Balaban J connectivity index is 2.45. The van der Waals surface area contributed by atoms with Gasteiger partial charge in [0.2, 0.25) is 0 Å². The molecule has 1 N–H and O–H groups in total. The topological polar surface area (TPSA) is 32.3 Å². The van der Waals surface area contributed by atoms with E-state index in [9.17, 15) is 9.18 Å². The Bertz CT molecular complexity index is 225. The van der Waals surface area contributed by atoms with Gasteiger partial charge in [0.1, 0.15) is 0 Å². The molecule has 0 saturated carbocycles. The molecule has 1 fully saturated rings. The molecule has 0 bridgehead atoms. The van der Waals surface area contributed by atoms with Crippen molar-refractivity contribution in [2.45, 2.75) is 39.2 Å². The van der Waals surface area contributed by atoms with Gasteiger partial charge in [-0.05, 0) is 33.6 Å². The number of carbonyl (C=O) groups is 1. The molecule has 1 atom stereocenters. The summed E-state index contributed by atoms with van der Waals surface area (Å²) in [6.45, 7) is 6.82. The predicted octanol–water partition coefficient (Wildman–Crippen LogP) is 2.18. The fourth-order valence-electron chi connectivity index (χ4n) is 1.78. The summed E-state index contributed by atoms with van der Waals surface area (Å²) in [6, 6.07) is -0.0688. The Morgan fingerprint density at radius 2 is 2.20 bits per heavy atom. The number of likely N-dealkylation sites (tertiary alicyclic amines) is 1. The van der Waals surface area contributed by atoms with Crippen LogP contribution in [-0.2, 0) is 0 Å². The number of piperidine rings is 1. The van der Waals surface area contributed by atoms with Gasteiger partial charge in [0.25, 0.3) is 0 Å². The van der Waals surface area contributed by atoms with Crippen LogP contribution in [-0.4, -0.2) is 36.2 Å². The number of hydrogen-bond acceptors (Lipinski definition) is 1. The third kappa shape index (κ3) is 4.06. The molecule has 0 aromatic heterocycles. The zero-order chi connectivity index (χ0) is 11.5. The van der Waals surface area contributed by atoms with E-state index in [0.717, 1.165) is 19.4 Å². The van der Waals surface area contributed by atoms with Gasteiger partial charge in [-0.1, -0.05) is 0 Å². The SMILES string of the molecule is CC(C)(C)NC(=O)N1CCCC(CF)C1. The van der Waals surface area contributed by atoms with Crippen LogP contribution in [0.3, 0.4) is 0 Å². The van der Waals surface area contributed by atoms with Crippen LogP contribution in [0.4, 0.5) is 9.18 Å². The van der Waals surface area contributed by atoms with E-state index >= 15 is 0 Å². The van der Waals surface area contributed by atoms with Gasteiger partial charge in [-0.25, -0.2) is 4.79 Å². The Labute approximate surface area is 91.0 Å². The summed E-state index contributed by atoms with van der Waals surface area (Å²) in [5, 5.41) is 2.90. The maximum atomic E-state index is 12.5. The summed E-state index contributed by atoms with van der Waals surface area (Å²) >= 11 is 0. The first-order chi connectivity index (χ1) is 6.92. The van der Waals surface area contributed by atoms with Gasteiger partial charge in [0.05, 0.1) is 6.67 Å². The highest BCUT2D eigenvalue weighted by molar-refractivity contribution is 5.75. The number of carbonyl (C=O) groups excluding carboxylic acids is 1. The van der Waals surface area contributed by atoms with Gasteiger partial charge in [-0.3, -0.25) is 4.39 Å². The zero-order valence-corrected chi connectivity index (χ0v) is 9.85. The quantitative estimate of drug-likeness (QED) is 0.716. The lowest BCUT2D eigenvalue weighted by atomic mass is 10.00. The van der Waals surface area contributed by atoms with Gasteiger partial charge in [-0.15, -0.1) is 0 Å². The Hall–Kier alpha value is -0.800. The molecule has 1 aliphatic heterocycles. The zero-order valence-electron chi connectivity index (χ0n) is 9.85. The molecule has 4 heteroatoms. The summed E-state index contributed by atoms with van der Waals surface area (Å²) in [7, 11) is 0. The van der Waals surface area contributed by atoms with E-state index < -0.39 is 0 Å². The summed E-state index contributed by atoms with van der Waals surface area (Å²) in [5.74, 6) is 0.0319. The van der Waals surface area contributed by atoms with Crippen LogP contribution >= 0.6 is 0 Å². The lowest BCUT2D eigenvalue weighted by molar-refractivity contribution is 0.148. The molecule has 2 amide bonds. The summed E-state index contributed by atoms with van der Waals surface area (Å²) in [6.07, 6.45) is 1.81. The number of alkyl halides is 1. The lowest BCUT2D eigenvalue weighted by Crippen LogP contribution is -2.51. The lowest BCUT2D eigenvalue weighted by Gasteiger charge is -2.34. The minimum Gasteiger partial charge on any atom is -0.333 e. The van der Waals surface area contributed by atoms with Crippen LogP contribution in [0.1, 0.15) is 33.6 Å². The molecule has 1 rings (SSSR count). The van der Waals surface area contributed by atoms with E-state index in [1.54, 1.807) is 4.90 Å². The molecule has 1 saturated heterocycles. The third-order valence-corrected chi connectivity index (χ3v) is 2.51. The summed E-state index contributed by atoms with van der Waals surface area (Å²) in [5.41, 5.74) is -0.222. The molecular formula is C11H21FN2O. The molecule has 1 aliphatic rings. The second kappa shape index (κ2) is 4.81. The van der Waals surface area contributed by atoms with Crippen molar-refractivity contribution in [3.05, 3.63) is 0 Å². The molecule has 0 aliphatic carbocycles. The normalized spacial score (nSPS) is 22.7. The maximum Gasteiger partial charge on any atom is 0.317 e. The number of nitrogens with one attached hydrogen (secondary N) is 1. The standard InChI is InChI=1S/C11H21FN2O/c1-11(2,3)13-10(15)14-6-4-5-9(7-12)8-14/h9H,4-8H2,1-3H3,(H,13,15). The van der Waals surface area contributed by atoms with E-state index in [1.807, 2.05) is 20.8 Å². The minimum atomic E-state index is -0.320. The minimum absolute atomic E-state index is 0.0319. The first-order valence-electron chi connectivity index (χ1n) is 5.55. The van der Waals surface area contributed by atoms with Crippen molar-refractivity contribution in [1.29, 1.82) is 0 Å². The first-order valence-corrected chi connectivity index (χ1v) is 5.55. The van der Waals surface area contributed by atoms with Gasteiger partial charge in [0, 0.05) is 24.5 Å². The van der Waals surface area contributed by atoms with Gasteiger partial charge in [-0.2, -0.15) is 0 Å². The number of halogens is 1. The largest absolute Gasteiger partial charge is 0.333 e. The molecule has 15 heavy (non-hydrogen) atoms. The molecule has 0 radical (unpaired) electrons. The molecule has 0 aromatic rings. The van der Waals surface area contributed by atoms with E-state index in [4.69, 9.17) is 0 Å². The molecule has 88 valence electrons. The average molecular weight is 216 g/mol. The number of rotatable bonds is 1. The van der Waals surface area contributed by atoms with Crippen LogP contribution < -0.4 is 5.32 Å². The third-order valence-electron chi connectivity index (χ3n) is 2.51. The van der Waals surface area contributed by atoms with Crippen molar-refractivity contribution in [2.24, 2.45) is 5.92 Å². The number of hydrogen-bond donors (Lipinski definition) is 1. The highest BCUT2D eigenvalue weighted by Crippen LogP contribution is 2.17. The van der Waals surface area contributed by atoms with Crippen molar-refractivity contribution < 1.29 is 9.18 Å². The Morgan fingerprint density at radius 1 is 1.53 bits per heavy atom. The molecular weight excluding hydrogens is 195 g/mol. The fourth-order valence-corrected chi connectivity index (χ4v) is 1.78. The van der Waals surface area contributed by atoms with Crippen LogP contribution in [0.15, 0.2) is 0 Å². The van der Waals surface area contributed by atoms with Crippen molar-refractivity contribution in [1.82, 2.24) is 10.2 Å². The monoisotopic (exact) mass is 216 g/mol. The Kier molecular flexibility index (Phi) is 3.94. The van der Waals surface area contributed by atoms with Gasteiger partial charge >= 0.3 is 6.03 Å². The number of amides is 2. The van der Waals surface area contributed by atoms with E-state index in [1.165, 1.54) is 0 Å².